The van der Waals surface area contributed by atoms with Crippen LogP contribution in [0.4, 0.5) is 0 Å². The van der Waals surface area contributed by atoms with Gasteiger partial charge in [0.2, 0.25) is 0 Å². The van der Waals surface area contributed by atoms with Gasteiger partial charge in [-0.25, -0.2) is 0 Å². The van der Waals surface area contributed by atoms with Crippen LogP contribution in [0.15, 0.2) is 121 Å². The molecule has 0 radical (unpaired) electrons. The van der Waals surface area contributed by atoms with Crippen LogP contribution >= 0.6 is 23.2 Å². The number of hydrogen-bond donors (Lipinski definition) is 0. The van der Waals surface area contributed by atoms with Gasteiger partial charge in [0.05, 0.1) is 0 Å². The molecule has 0 aromatic heterocycles. The van der Waals surface area contributed by atoms with Crippen LogP contribution in [0.1, 0.15) is 89.7 Å². The minimum atomic E-state index is -3.04. The van der Waals surface area contributed by atoms with Gasteiger partial charge in [0.1, 0.15) is 0 Å². The van der Waals surface area contributed by atoms with Crippen LogP contribution in [-0.4, -0.2) is 3.21 Å². The van der Waals surface area contributed by atoms with E-state index in [-0.39, 0.29) is 10.8 Å². The molecule has 52 heavy (non-hydrogen) atoms. The molecule has 8 rings (SSSR count). The van der Waals surface area contributed by atoms with Crippen molar-refractivity contribution >= 4 is 48.0 Å². The number of benzene rings is 6. The van der Waals surface area contributed by atoms with E-state index in [1.807, 2.05) is 12.1 Å². The zero-order valence-electron chi connectivity index (χ0n) is 31.5. The fourth-order valence-corrected chi connectivity index (χ4v) is 19.0. The maximum atomic E-state index is 6.97. The molecule has 2 aliphatic rings. The van der Waals surface area contributed by atoms with Crippen molar-refractivity contribution in [2.24, 2.45) is 0 Å². The van der Waals surface area contributed by atoms with Crippen LogP contribution in [0, 0.1) is 13.8 Å². The summed E-state index contributed by atoms with van der Waals surface area (Å²) in [6.07, 6.45) is 9.55. The van der Waals surface area contributed by atoms with E-state index in [0.29, 0.717) is 7.25 Å². The Balaban J connectivity index is 1.58. The molecule has 0 bridgehead atoms. The fourth-order valence-electron chi connectivity index (χ4n) is 9.10. The van der Waals surface area contributed by atoms with Crippen molar-refractivity contribution in [3.05, 3.63) is 176 Å². The summed E-state index contributed by atoms with van der Waals surface area (Å²) in [5.74, 6) is 0. The molecular formula is C49H46Cl2Zr. The number of halogens is 2. The Bertz CT molecular complexity index is 2360. The fraction of sp³-hybridized carbons (Fsp3) is 0.245. The van der Waals surface area contributed by atoms with Gasteiger partial charge in [-0.15, -0.1) is 0 Å². The Kier molecular flexibility index (Phi) is 9.05. The molecule has 6 aromatic rings. The van der Waals surface area contributed by atoms with Gasteiger partial charge in [0, 0.05) is 0 Å². The molecule has 0 amide bonds. The number of hydrogen-bond acceptors (Lipinski definition) is 0. The van der Waals surface area contributed by atoms with E-state index in [2.05, 4.69) is 165 Å². The Morgan fingerprint density at radius 3 is 1.37 bits per heavy atom. The Labute approximate surface area is 327 Å². The van der Waals surface area contributed by atoms with E-state index in [9.17, 15) is 0 Å². The number of aryl methyl sites for hydroxylation is 2. The van der Waals surface area contributed by atoms with Crippen LogP contribution in [0.2, 0.25) is 13.7 Å². The molecule has 0 aliphatic heterocycles. The first-order valence-electron chi connectivity index (χ1n) is 18.5. The second-order valence-corrected chi connectivity index (χ2v) is 24.2. The Hall–Kier alpha value is -3.35. The second-order valence-electron chi connectivity index (χ2n) is 16.8. The third-order valence-corrected chi connectivity index (χ3v) is 20.5. The number of fused-ring (bicyclic) bond motifs is 5. The standard InChI is InChI=1S/C23H29.C21H12Cl2.C5H5.Zr/c1-14-9-16-11-17-10-15(2)21(23(6,7)8)13-19(17)18(16)12-20(14)22(3,4)5;22-20-11-3-7-16-14(5-1-9-18(16)20)13-15-6-2-10-19-17(15)8-4-12-21(19)23;1-2-4-5-3-1;/h9-13H,1-8H3;1-12H;1-5H;. The quantitative estimate of drug-likeness (QED) is 0.167. The summed E-state index contributed by atoms with van der Waals surface area (Å²) in [5, 5.41) is 6.20. The number of rotatable bonds is 4. The number of allylic oxidation sites excluding steroid dienone is 4. The Morgan fingerprint density at radius 2 is 0.942 bits per heavy atom. The average Bonchev–Trinajstić information content (AvgIpc) is 3.72. The summed E-state index contributed by atoms with van der Waals surface area (Å²) in [4.78, 5) is 0. The molecule has 2 aliphatic carbocycles. The predicted octanol–water partition coefficient (Wildman–Crippen LogP) is 14.4. The summed E-state index contributed by atoms with van der Waals surface area (Å²) < 4.78 is 2.17. The zero-order valence-corrected chi connectivity index (χ0v) is 35.4. The van der Waals surface area contributed by atoms with Crippen molar-refractivity contribution in [1.29, 1.82) is 0 Å². The van der Waals surface area contributed by atoms with Crippen LogP contribution in [0.3, 0.4) is 0 Å². The molecule has 6 aromatic carbocycles. The molecule has 3 heteroatoms. The molecular weight excluding hydrogens is 751 g/mol. The van der Waals surface area contributed by atoms with Crippen molar-refractivity contribution in [1.82, 2.24) is 0 Å². The molecule has 0 saturated heterocycles. The average molecular weight is 797 g/mol. The summed E-state index contributed by atoms with van der Waals surface area (Å²) in [5.41, 5.74) is 14.2. The first kappa shape index (κ1) is 35.7. The van der Waals surface area contributed by atoms with E-state index in [4.69, 9.17) is 23.2 Å². The van der Waals surface area contributed by atoms with Crippen LogP contribution in [0.5, 0.6) is 0 Å². The molecule has 0 nitrogen and oxygen atoms in total. The van der Waals surface area contributed by atoms with E-state index < -0.39 is 21.3 Å². The van der Waals surface area contributed by atoms with Crippen molar-refractivity contribution in [3.8, 4) is 11.1 Å². The Morgan fingerprint density at radius 1 is 0.538 bits per heavy atom. The van der Waals surface area contributed by atoms with Crippen LogP contribution in [0.25, 0.3) is 32.7 Å². The van der Waals surface area contributed by atoms with Gasteiger partial charge in [0.15, 0.2) is 0 Å². The zero-order chi connectivity index (χ0) is 36.7. The molecule has 0 atom stereocenters. The second kappa shape index (κ2) is 13.2. The van der Waals surface area contributed by atoms with Gasteiger partial charge in [0.25, 0.3) is 0 Å². The van der Waals surface area contributed by atoms with Crippen molar-refractivity contribution in [2.45, 2.75) is 73.5 Å². The van der Waals surface area contributed by atoms with Gasteiger partial charge in [-0.2, -0.15) is 0 Å². The van der Waals surface area contributed by atoms with Crippen LogP contribution < -0.4 is 0 Å². The molecule has 260 valence electrons. The van der Waals surface area contributed by atoms with E-state index >= 15 is 0 Å². The maximum absolute atomic E-state index is 6.97. The molecule has 0 N–H and O–H groups in total. The van der Waals surface area contributed by atoms with Crippen LogP contribution in [-0.2, 0) is 32.1 Å². The summed E-state index contributed by atoms with van der Waals surface area (Å²) in [6, 6.07) is 36.5. The third-order valence-electron chi connectivity index (χ3n) is 11.3. The topological polar surface area (TPSA) is 0 Å². The normalized spacial score (nSPS) is 14.4. The SMILES string of the molecule is Cc1cc2c(cc1C(C)(C)C)-c1cc(C(C)(C)C)c(C)cc1[CH]2[Zr](=[C](c1cccc2c(Cl)cccc12)c1cccc2c(Cl)cccc12)[CH]1C=CC=C1. The van der Waals surface area contributed by atoms with Crippen molar-refractivity contribution < 1.29 is 21.3 Å². The van der Waals surface area contributed by atoms with Gasteiger partial charge < -0.3 is 0 Å². The van der Waals surface area contributed by atoms with Gasteiger partial charge >= 0.3 is 330 Å². The first-order valence-corrected chi connectivity index (χ1v) is 23.3. The van der Waals surface area contributed by atoms with Gasteiger partial charge in [-0.3, -0.25) is 0 Å². The first-order chi connectivity index (χ1) is 24.7. The molecule has 0 fully saturated rings. The van der Waals surface area contributed by atoms with Crippen molar-refractivity contribution in [3.63, 3.8) is 0 Å². The summed E-state index contributed by atoms with van der Waals surface area (Å²) >= 11 is 10.9. The minimum absolute atomic E-state index is 0.0369. The molecule has 0 unspecified atom stereocenters. The van der Waals surface area contributed by atoms with Gasteiger partial charge in [-0.1, -0.05) is 0 Å². The van der Waals surface area contributed by atoms with Crippen molar-refractivity contribution in [2.75, 3.05) is 0 Å². The molecule has 0 saturated carbocycles. The summed E-state index contributed by atoms with van der Waals surface area (Å²) in [6.45, 7) is 18.8. The van der Waals surface area contributed by atoms with E-state index in [0.717, 1.165) is 20.8 Å². The monoisotopic (exact) mass is 794 g/mol. The molecule has 0 spiro atoms. The summed E-state index contributed by atoms with van der Waals surface area (Å²) in [7, 11) is 0. The van der Waals surface area contributed by atoms with E-state index in [1.165, 1.54) is 69.6 Å². The predicted molar refractivity (Wildman–Crippen MR) is 224 cm³/mol. The third kappa shape index (κ3) is 5.97. The molecule has 0 heterocycles. The van der Waals surface area contributed by atoms with Gasteiger partial charge in [-0.05, 0) is 0 Å². The van der Waals surface area contributed by atoms with E-state index in [1.54, 1.807) is 0 Å².